The fraction of sp³-hybridized carbons (Fsp3) is 0.867. The molecule has 0 aromatic carbocycles. The van der Waals surface area contributed by atoms with Crippen molar-refractivity contribution in [3.05, 3.63) is 0 Å². The third-order valence-corrected chi connectivity index (χ3v) is 4.21. The van der Waals surface area contributed by atoms with Gasteiger partial charge in [0, 0.05) is 25.9 Å². The van der Waals surface area contributed by atoms with Crippen LogP contribution in [0.4, 0.5) is 4.79 Å². The fourth-order valence-corrected chi connectivity index (χ4v) is 3.17. The molecule has 0 atom stereocenters. The van der Waals surface area contributed by atoms with E-state index in [0.29, 0.717) is 5.78 Å². The Morgan fingerprint density at radius 2 is 1.84 bits per heavy atom. The zero-order valence-electron chi connectivity index (χ0n) is 12.3. The van der Waals surface area contributed by atoms with E-state index in [1.54, 1.807) is 4.90 Å². The number of piperidine rings is 1. The van der Waals surface area contributed by atoms with E-state index in [0.717, 1.165) is 51.6 Å². The molecule has 2 fully saturated rings. The van der Waals surface area contributed by atoms with Gasteiger partial charge >= 0.3 is 6.09 Å². The molecule has 1 aliphatic heterocycles. The molecular formula is C15H25NO3. The van der Waals surface area contributed by atoms with Crippen LogP contribution in [-0.2, 0) is 9.53 Å². The van der Waals surface area contributed by atoms with E-state index < -0.39 is 5.60 Å². The average molecular weight is 267 g/mol. The first-order chi connectivity index (χ1) is 8.80. The first-order valence-electron chi connectivity index (χ1n) is 7.29. The van der Waals surface area contributed by atoms with Gasteiger partial charge < -0.3 is 9.64 Å². The minimum Gasteiger partial charge on any atom is -0.444 e. The molecular weight excluding hydrogens is 242 g/mol. The molecule has 1 amide bonds. The normalized spacial score (nSPS) is 23.5. The molecule has 1 heterocycles. The van der Waals surface area contributed by atoms with Crippen LogP contribution in [0.15, 0.2) is 0 Å². The molecule has 4 heteroatoms. The van der Waals surface area contributed by atoms with E-state index in [1.165, 1.54) is 0 Å². The maximum absolute atomic E-state index is 12.0. The molecule has 1 spiro atoms. The zero-order valence-corrected chi connectivity index (χ0v) is 12.3. The Morgan fingerprint density at radius 3 is 2.37 bits per heavy atom. The number of Topliss-reactive ketones (excluding diaryl/α,β-unsaturated/α-hetero) is 1. The summed E-state index contributed by atoms with van der Waals surface area (Å²) in [5, 5.41) is 0. The second-order valence-corrected chi connectivity index (χ2v) is 7.04. The van der Waals surface area contributed by atoms with Gasteiger partial charge in [-0.3, -0.25) is 4.79 Å². The Bertz CT molecular complexity index is 362. The van der Waals surface area contributed by atoms with Gasteiger partial charge in [-0.25, -0.2) is 4.79 Å². The predicted molar refractivity (Wildman–Crippen MR) is 72.9 cm³/mol. The summed E-state index contributed by atoms with van der Waals surface area (Å²) < 4.78 is 5.39. The smallest absolute Gasteiger partial charge is 0.410 e. The largest absolute Gasteiger partial charge is 0.444 e. The SMILES string of the molecule is CC(C)(C)OC(=O)N1CCC2(CCCC(=O)C2)CC1. The molecule has 0 bridgehead atoms. The lowest BCUT2D eigenvalue weighted by Gasteiger charge is -2.43. The Labute approximate surface area is 115 Å². The summed E-state index contributed by atoms with van der Waals surface area (Å²) in [6, 6.07) is 0. The van der Waals surface area contributed by atoms with Gasteiger partial charge in [-0.1, -0.05) is 0 Å². The minimum atomic E-state index is -0.437. The Hall–Kier alpha value is -1.06. The first-order valence-corrected chi connectivity index (χ1v) is 7.29. The first kappa shape index (κ1) is 14.4. The molecule has 0 N–H and O–H groups in total. The number of ketones is 1. The van der Waals surface area contributed by atoms with Crippen LogP contribution >= 0.6 is 0 Å². The van der Waals surface area contributed by atoms with Crippen molar-refractivity contribution in [2.24, 2.45) is 5.41 Å². The zero-order chi connectivity index (χ0) is 14.1. The summed E-state index contributed by atoms with van der Waals surface area (Å²) in [7, 11) is 0. The van der Waals surface area contributed by atoms with Gasteiger partial charge in [0.1, 0.15) is 11.4 Å². The summed E-state index contributed by atoms with van der Waals surface area (Å²) in [4.78, 5) is 25.4. The molecule has 1 saturated carbocycles. The summed E-state index contributed by atoms with van der Waals surface area (Å²) in [6.07, 6.45) is 5.29. The highest BCUT2D eigenvalue weighted by molar-refractivity contribution is 5.80. The quantitative estimate of drug-likeness (QED) is 0.677. The molecule has 19 heavy (non-hydrogen) atoms. The van der Waals surface area contributed by atoms with E-state index in [2.05, 4.69) is 0 Å². The van der Waals surface area contributed by atoms with Crippen LogP contribution in [0, 0.1) is 5.41 Å². The molecule has 1 saturated heterocycles. The van der Waals surface area contributed by atoms with Crippen LogP contribution in [0.25, 0.3) is 0 Å². The van der Waals surface area contributed by atoms with Crippen LogP contribution in [0.1, 0.15) is 59.3 Å². The predicted octanol–water partition coefficient (Wildman–Crippen LogP) is 3.15. The molecule has 0 radical (unpaired) electrons. The summed E-state index contributed by atoms with van der Waals surface area (Å²) in [5.41, 5.74) is -0.263. The number of ether oxygens (including phenoxy) is 1. The van der Waals surface area contributed by atoms with E-state index >= 15 is 0 Å². The van der Waals surface area contributed by atoms with Crippen LogP contribution in [0.5, 0.6) is 0 Å². The average Bonchev–Trinajstić information content (AvgIpc) is 2.27. The maximum atomic E-state index is 12.0. The van der Waals surface area contributed by atoms with Crippen LogP contribution in [-0.4, -0.2) is 35.5 Å². The van der Waals surface area contributed by atoms with Gasteiger partial charge in [0.2, 0.25) is 0 Å². The number of nitrogens with zero attached hydrogens (tertiary/aromatic N) is 1. The third-order valence-electron chi connectivity index (χ3n) is 4.21. The molecule has 4 nitrogen and oxygen atoms in total. The van der Waals surface area contributed by atoms with Gasteiger partial charge in [-0.15, -0.1) is 0 Å². The Balaban J connectivity index is 1.88. The van der Waals surface area contributed by atoms with Crippen molar-refractivity contribution in [2.45, 2.75) is 64.9 Å². The van der Waals surface area contributed by atoms with Crippen molar-refractivity contribution in [3.8, 4) is 0 Å². The molecule has 0 aromatic heterocycles. The number of amides is 1. The van der Waals surface area contributed by atoms with Crippen molar-refractivity contribution in [1.29, 1.82) is 0 Å². The second-order valence-electron chi connectivity index (χ2n) is 7.04. The number of rotatable bonds is 0. The Morgan fingerprint density at radius 1 is 1.21 bits per heavy atom. The fourth-order valence-electron chi connectivity index (χ4n) is 3.17. The lowest BCUT2D eigenvalue weighted by atomic mass is 9.68. The van der Waals surface area contributed by atoms with Crippen molar-refractivity contribution in [1.82, 2.24) is 4.90 Å². The van der Waals surface area contributed by atoms with Crippen LogP contribution in [0.2, 0.25) is 0 Å². The molecule has 108 valence electrons. The number of likely N-dealkylation sites (tertiary alicyclic amines) is 1. The van der Waals surface area contributed by atoms with Crippen molar-refractivity contribution < 1.29 is 14.3 Å². The van der Waals surface area contributed by atoms with E-state index in [4.69, 9.17) is 4.74 Å². The lowest BCUT2D eigenvalue weighted by molar-refractivity contribution is -0.124. The maximum Gasteiger partial charge on any atom is 0.410 e. The molecule has 1 aliphatic carbocycles. The van der Waals surface area contributed by atoms with Gasteiger partial charge in [-0.2, -0.15) is 0 Å². The number of carbonyl (C=O) groups is 2. The summed E-state index contributed by atoms with van der Waals surface area (Å²) in [6.45, 7) is 7.10. The highest BCUT2D eigenvalue weighted by atomic mass is 16.6. The number of hydrogen-bond acceptors (Lipinski definition) is 3. The Kier molecular flexibility index (Phi) is 3.88. The van der Waals surface area contributed by atoms with E-state index in [1.807, 2.05) is 20.8 Å². The highest BCUT2D eigenvalue weighted by Gasteiger charge is 2.40. The van der Waals surface area contributed by atoms with Gasteiger partial charge in [0.25, 0.3) is 0 Å². The number of carbonyl (C=O) groups excluding carboxylic acids is 2. The molecule has 2 aliphatic rings. The second kappa shape index (κ2) is 5.14. The molecule has 2 rings (SSSR count). The van der Waals surface area contributed by atoms with E-state index in [-0.39, 0.29) is 11.5 Å². The number of hydrogen-bond donors (Lipinski definition) is 0. The standard InChI is InChI=1S/C15H25NO3/c1-14(2,3)19-13(18)16-9-7-15(8-10-16)6-4-5-12(17)11-15/h4-11H2,1-3H3. The summed E-state index contributed by atoms with van der Waals surface area (Å²) >= 11 is 0. The van der Waals surface area contributed by atoms with E-state index in [9.17, 15) is 9.59 Å². The molecule has 0 aromatic rings. The molecule has 0 unspecified atom stereocenters. The van der Waals surface area contributed by atoms with Crippen LogP contribution < -0.4 is 0 Å². The lowest BCUT2D eigenvalue weighted by Crippen LogP contribution is -2.46. The summed E-state index contributed by atoms with van der Waals surface area (Å²) in [5.74, 6) is 0.400. The van der Waals surface area contributed by atoms with Gasteiger partial charge in [0.05, 0.1) is 0 Å². The van der Waals surface area contributed by atoms with Crippen LogP contribution in [0.3, 0.4) is 0 Å². The third kappa shape index (κ3) is 3.71. The van der Waals surface area contributed by atoms with Crippen molar-refractivity contribution >= 4 is 11.9 Å². The highest BCUT2D eigenvalue weighted by Crippen LogP contribution is 2.43. The van der Waals surface area contributed by atoms with Gasteiger partial charge in [-0.05, 0) is 51.9 Å². The van der Waals surface area contributed by atoms with Crippen molar-refractivity contribution in [3.63, 3.8) is 0 Å². The minimum absolute atomic E-state index is 0.174. The van der Waals surface area contributed by atoms with Gasteiger partial charge in [0.15, 0.2) is 0 Å². The topological polar surface area (TPSA) is 46.6 Å². The monoisotopic (exact) mass is 267 g/mol. The van der Waals surface area contributed by atoms with Crippen molar-refractivity contribution in [2.75, 3.05) is 13.1 Å².